The zero-order valence-electron chi connectivity index (χ0n) is 18.8. The normalized spacial score (nSPS) is 12.2. The molecule has 2 aromatic rings. The van der Waals surface area contributed by atoms with E-state index in [9.17, 15) is 18.0 Å². The summed E-state index contributed by atoms with van der Waals surface area (Å²) in [5.41, 5.74) is 2.12. The summed E-state index contributed by atoms with van der Waals surface area (Å²) >= 11 is 6.29. The molecule has 0 spiro atoms. The Morgan fingerprint density at radius 2 is 1.69 bits per heavy atom. The lowest BCUT2D eigenvalue weighted by atomic mass is 10.1. The second-order valence-electron chi connectivity index (χ2n) is 7.44. The quantitative estimate of drug-likeness (QED) is 0.566. The zero-order chi connectivity index (χ0) is 23.9. The van der Waals surface area contributed by atoms with Crippen LogP contribution in [-0.4, -0.2) is 51.0 Å². The monoisotopic (exact) mass is 479 g/mol. The van der Waals surface area contributed by atoms with Gasteiger partial charge in [0, 0.05) is 18.6 Å². The first-order valence-electron chi connectivity index (χ1n) is 10.4. The SMILES string of the molecule is CCc1ccc(N(CC(=O)N(Cc2ccccc2Cl)[C@H](CC)C(=O)NC)S(C)(=O)=O)cc1. The lowest BCUT2D eigenvalue weighted by Crippen LogP contribution is -2.51. The van der Waals surface area contributed by atoms with Gasteiger partial charge in [-0.05, 0) is 42.2 Å². The second-order valence-corrected chi connectivity index (χ2v) is 9.75. The molecule has 2 aromatic carbocycles. The van der Waals surface area contributed by atoms with E-state index < -0.39 is 28.5 Å². The fourth-order valence-corrected chi connectivity index (χ4v) is 4.45. The zero-order valence-corrected chi connectivity index (χ0v) is 20.4. The molecule has 0 aliphatic carbocycles. The number of benzene rings is 2. The number of amides is 2. The minimum atomic E-state index is -3.75. The molecule has 9 heteroatoms. The highest BCUT2D eigenvalue weighted by Crippen LogP contribution is 2.22. The van der Waals surface area contributed by atoms with Crippen molar-refractivity contribution in [3.05, 3.63) is 64.7 Å². The van der Waals surface area contributed by atoms with Crippen molar-refractivity contribution in [2.24, 2.45) is 0 Å². The maximum Gasteiger partial charge on any atom is 0.244 e. The van der Waals surface area contributed by atoms with Crippen molar-refractivity contribution in [2.45, 2.75) is 39.3 Å². The molecule has 0 saturated heterocycles. The van der Waals surface area contributed by atoms with Gasteiger partial charge in [-0.3, -0.25) is 13.9 Å². The smallest absolute Gasteiger partial charge is 0.244 e. The van der Waals surface area contributed by atoms with E-state index in [2.05, 4.69) is 5.32 Å². The van der Waals surface area contributed by atoms with Gasteiger partial charge in [0.25, 0.3) is 0 Å². The van der Waals surface area contributed by atoms with Crippen LogP contribution in [0.5, 0.6) is 0 Å². The molecule has 2 amide bonds. The molecule has 1 N–H and O–H groups in total. The minimum absolute atomic E-state index is 0.0802. The van der Waals surface area contributed by atoms with E-state index in [4.69, 9.17) is 11.6 Å². The molecular weight excluding hydrogens is 450 g/mol. The van der Waals surface area contributed by atoms with Gasteiger partial charge in [-0.15, -0.1) is 0 Å². The van der Waals surface area contributed by atoms with Crippen molar-refractivity contribution in [3.8, 4) is 0 Å². The molecular formula is C23H30ClN3O4S. The molecule has 0 aliphatic rings. The maximum absolute atomic E-state index is 13.4. The Hall–Kier alpha value is -2.58. The molecule has 2 rings (SSSR count). The van der Waals surface area contributed by atoms with Crippen LogP contribution in [-0.2, 0) is 32.6 Å². The van der Waals surface area contributed by atoms with Gasteiger partial charge in [-0.25, -0.2) is 8.42 Å². The predicted octanol–water partition coefficient (Wildman–Crippen LogP) is 3.22. The van der Waals surface area contributed by atoms with E-state index in [0.717, 1.165) is 22.5 Å². The van der Waals surface area contributed by atoms with Gasteiger partial charge >= 0.3 is 0 Å². The van der Waals surface area contributed by atoms with Gasteiger partial charge in [-0.2, -0.15) is 0 Å². The molecule has 0 aliphatic heterocycles. The standard InChI is InChI=1S/C23H30ClN3O4S/c1-5-17-11-13-19(14-12-17)27(32(4,30)31)16-22(28)26(21(6-2)23(29)25-3)15-18-9-7-8-10-20(18)24/h7-14,21H,5-6,15-16H2,1-4H3,(H,25,29)/t21-/m1/s1. The first-order chi connectivity index (χ1) is 15.1. The maximum atomic E-state index is 13.4. The summed E-state index contributed by atoms with van der Waals surface area (Å²) in [5.74, 6) is -0.823. The Bertz CT molecular complexity index is 1040. The Kier molecular flexibility index (Phi) is 9.09. The van der Waals surface area contributed by atoms with Crippen LogP contribution in [0, 0.1) is 0 Å². The third-order valence-electron chi connectivity index (χ3n) is 5.24. The van der Waals surface area contributed by atoms with Gasteiger partial charge < -0.3 is 10.2 Å². The summed E-state index contributed by atoms with van der Waals surface area (Å²) in [6.07, 6.45) is 2.23. The van der Waals surface area contributed by atoms with Crippen LogP contribution in [0.15, 0.2) is 48.5 Å². The number of sulfonamides is 1. The third-order valence-corrected chi connectivity index (χ3v) is 6.75. The highest BCUT2D eigenvalue weighted by Gasteiger charge is 2.31. The number of aryl methyl sites for hydroxylation is 1. The first-order valence-corrected chi connectivity index (χ1v) is 12.7. The number of hydrogen-bond donors (Lipinski definition) is 1. The molecule has 0 saturated carbocycles. The third kappa shape index (κ3) is 6.46. The Morgan fingerprint density at radius 1 is 1.06 bits per heavy atom. The molecule has 0 bridgehead atoms. The summed E-state index contributed by atoms with van der Waals surface area (Å²) in [4.78, 5) is 27.3. The van der Waals surface area contributed by atoms with Crippen LogP contribution in [0.3, 0.4) is 0 Å². The van der Waals surface area contributed by atoms with Crippen molar-refractivity contribution < 1.29 is 18.0 Å². The largest absolute Gasteiger partial charge is 0.357 e. The average molecular weight is 480 g/mol. The summed E-state index contributed by atoms with van der Waals surface area (Å²) in [6.45, 7) is 3.45. The van der Waals surface area contributed by atoms with Crippen LogP contribution < -0.4 is 9.62 Å². The Balaban J connectivity index is 2.42. The van der Waals surface area contributed by atoms with E-state index in [1.165, 1.54) is 11.9 Å². The highest BCUT2D eigenvalue weighted by atomic mass is 35.5. The van der Waals surface area contributed by atoms with Gasteiger partial charge in [0.2, 0.25) is 21.8 Å². The van der Waals surface area contributed by atoms with Crippen LogP contribution in [0.2, 0.25) is 5.02 Å². The van der Waals surface area contributed by atoms with Gasteiger partial charge in [-0.1, -0.05) is 55.8 Å². The summed E-state index contributed by atoms with van der Waals surface area (Å²) in [6, 6.07) is 13.3. The first kappa shape index (κ1) is 25.7. The van der Waals surface area contributed by atoms with Crippen LogP contribution in [0.4, 0.5) is 5.69 Å². The van der Waals surface area contributed by atoms with Crippen LogP contribution in [0.1, 0.15) is 31.4 Å². The predicted molar refractivity (Wildman–Crippen MR) is 128 cm³/mol. The van der Waals surface area contributed by atoms with Crippen molar-refractivity contribution in [3.63, 3.8) is 0 Å². The molecule has 0 radical (unpaired) electrons. The van der Waals surface area contributed by atoms with Crippen molar-refractivity contribution >= 4 is 39.1 Å². The number of carbonyl (C=O) groups is 2. The van der Waals surface area contributed by atoms with Gasteiger partial charge in [0.15, 0.2) is 0 Å². The van der Waals surface area contributed by atoms with Crippen LogP contribution in [0.25, 0.3) is 0 Å². The number of likely N-dealkylation sites (N-methyl/N-ethyl adjacent to an activating group) is 1. The number of carbonyl (C=O) groups excluding carboxylic acids is 2. The minimum Gasteiger partial charge on any atom is -0.357 e. The number of nitrogens with one attached hydrogen (secondary N) is 1. The molecule has 32 heavy (non-hydrogen) atoms. The molecule has 174 valence electrons. The van der Waals surface area contributed by atoms with Gasteiger partial charge in [0.1, 0.15) is 12.6 Å². The van der Waals surface area contributed by atoms with Crippen molar-refractivity contribution in [1.29, 1.82) is 0 Å². The average Bonchev–Trinajstić information content (AvgIpc) is 2.77. The summed E-state index contributed by atoms with van der Waals surface area (Å²) < 4.78 is 26.1. The molecule has 0 fully saturated rings. The number of halogens is 1. The van der Waals surface area contributed by atoms with Crippen LogP contribution >= 0.6 is 11.6 Å². The molecule has 7 nitrogen and oxygen atoms in total. The number of nitrogens with zero attached hydrogens (tertiary/aromatic N) is 2. The molecule has 0 heterocycles. The van der Waals surface area contributed by atoms with E-state index >= 15 is 0 Å². The number of rotatable bonds is 10. The highest BCUT2D eigenvalue weighted by molar-refractivity contribution is 7.92. The van der Waals surface area contributed by atoms with Crippen molar-refractivity contribution in [2.75, 3.05) is 24.2 Å². The van der Waals surface area contributed by atoms with E-state index in [-0.39, 0.29) is 12.5 Å². The Morgan fingerprint density at radius 3 is 2.19 bits per heavy atom. The topological polar surface area (TPSA) is 86.8 Å². The van der Waals surface area contributed by atoms with Gasteiger partial charge in [0.05, 0.1) is 11.9 Å². The fourth-order valence-electron chi connectivity index (χ4n) is 3.41. The van der Waals surface area contributed by atoms with E-state index in [1.807, 2.05) is 19.1 Å². The van der Waals surface area contributed by atoms with E-state index in [1.54, 1.807) is 43.3 Å². The van der Waals surface area contributed by atoms with Crippen molar-refractivity contribution in [1.82, 2.24) is 10.2 Å². The molecule has 0 unspecified atom stereocenters. The number of hydrogen-bond acceptors (Lipinski definition) is 4. The van der Waals surface area contributed by atoms with E-state index in [0.29, 0.717) is 22.7 Å². The molecule has 1 atom stereocenters. The second kappa shape index (κ2) is 11.3. The summed E-state index contributed by atoms with van der Waals surface area (Å²) in [7, 11) is -2.24. The Labute approximate surface area is 195 Å². The molecule has 0 aromatic heterocycles. The lowest BCUT2D eigenvalue weighted by molar-refractivity contribution is -0.140. The summed E-state index contributed by atoms with van der Waals surface area (Å²) in [5, 5.41) is 3.05. The lowest BCUT2D eigenvalue weighted by Gasteiger charge is -2.32. The fraction of sp³-hybridized carbons (Fsp3) is 0.391. The number of anilines is 1.